The Labute approximate surface area is 164 Å². The van der Waals surface area contributed by atoms with Gasteiger partial charge in [0.15, 0.2) is 0 Å². The molecule has 0 aromatic rings. The average molecular weight is 406 g/mol. The minimum Gasteiger partial charge on any atom is -0.465 e. The van der Waals surface area contributed by atoms with E-state index in [2.05, 4.69) is 0 Å². The molecule has 2 N–H and O–H groups in total. The van der Waals surface area contributed by atoms with Crippen LogP contribution in [0, 0.1) is 17.8 Å². The summed E-state index contributed by atoms with van der Waals surface area (Å²) in [5.74, 6) is -3.83. The Balaban J connectivity index is 3.92. The summed E-state index contributed by atoms with van der Waals surface area (Å²) >= 11 is 0. The van der Waals surface area contributed by atoms with Crippen molar-refractivity contribution < 1.29 is 48.3 Å². The predicted octanol–water partition coefficient (Wildman–Crippen LogP) is -0.168. The molecule has 10 nitrogen and oxygen atoms in total. The molecule has 2 atom stereocenters. The van der Waals surface area contributed by atoms with Crippen LogP contribution in [0.5, 0.6) is 0 Å². The Hall–Kier alpha value is -2.20. The summed E-state index contributed by atoms with van der Waals surface area (Å²) in [4.78, 5) is 45.9. The number of carbonyl (C=O) groups is 4. The lowest BCUT2D eigenvalue weighted by molar-refractivity contribution is -0.156. The number of aliphatic hydroxyl groups excluding tert-OH is 2. The van der Waals surface area contributed by atoms with Crippen LogP contribution in [0.3, 0.4) is 0 Å². The lowest BCUT2D eigenvalue weighted by atomic mass is 10.2. The summed E-state index contributed by atoms with van der Waals surface area (Å²) in [5.41, 5.74) is 0. The summed E-state index contributed by atoms with van der Waals surface area (Å²) in [6.45, 7) is 4.63. The van der Waals surface area contributed by atoms with Gasteiger partial charge in [-0.15, -0.1) is 0 Å². The van der Waals surface area contributed by atoms with Crippen LogP contribution in [-0.4, -0.2) is 73.7 Å². The Bertz CT molecular complexity index is 461. The van der Waals surface area contributed by atoms with Crippen molar-refractivity contribution in [3.8, 4) is 0 Å². The highest BCUT2D eigenvalue weighted by Crippen LogP contribution is 2.03. The molecule has 0 saturated heterocycles. The molecule has 0 aromatic heterocycles. The Morgan fingerprint density at radius 2 is 0.821 bits per heavy atom. The minimum atomic E-state index is -0.776. The fourth-order valence-corrected chi connectivity index (χ4v) is 1.53. The van der Waals surface area contributed by atoms with Gasteiger partial charge >= 0.3 is 23.9 Å². The Morgan fingerprint density at radius 1 is 0.571 bits per heavy atom. The van der Waals surface area contributed by atoms with E-state index in [1.54, 1.807) is 20.8 Å². The van der Waals surface area contributed by atoms with Gasteiger partial charge in [0.1, 0.15) is 12.8 Å². The molecule has 10 heteroatoms. The molecule has 28 heavy (non-hydrogen) atoms. The van der Waals surface area contributed by atoms with Gasteiger partial charge in [-0.25, -0.2) is 0 Å². The van der Waals surface area contributed by atoms with E-state index in [-0.39, 0.29) is 57.4 Å². The van der Waals surface area contributed by atoms with Crippen molar-refractivity contribution in [2.24, 2.45) is 17.8 Å². The van der Waals surface area contributed by atoms with Crippen LogP contribution < -0.4 is 0 Å². The van der Waals surface area contributed by atoms with Gasteiger partial charge in [-0.3, -0.25) is 19.2 Å². The molecule has 0 amide bonds. The number of aliphatic hydroxyl groups is 2. The minimum absolute atomic E-state index is 0.0102. The van der Waals surface area contributed by atoms with E-state index in [1.165, 1.54) is 0 Å². The summed E-state index contributed by atoms with van der Waals surface area (Å²) in [6.07, 6.45) is -1.11. The quantitative estimate of drug-likeness (QED) is 0.226. The SMILES string of the molecule is CC(CO)COC(=O)CC(=O)OCC(C)COC(=O)CC(=O)OCC(C)CO. The molecule has 0 aliphatic carbocycles. The molecular formula is C18H30O10. The lowest BCUT2D eigenvalue weighted by Crippen LogP contribution is -2.23. The maximum atomic E-state index is 11.5. The van der Waals surface area contributed by atoms with Crippen LogP contribution in [0.25, 0.3) is 0 Å². The molecular weight excluding hydrogens is 376 g/mol. The number of carbonyl (C=O) groups excluding carboxylic acids is 4. The van der Waals surface area contributed by atoms with E-state index in [4.69, 9.17) is 29.2 Å². The second-order valence-corrected chi connectivity index (χ2v) is 6.77. The molecule has 0 bridgehead atoms. The summed E-state index contributed by atoms with van der Waals surface area (Å²) in [5, 5.41) is 17.6. The second-order valence-electron chi connectivity index (χ2n) is 6.77. The van der Waals surface area contributed by atoms with Crippen molar-refractivity contribution in [3.63, 3.8) is 0 Å². The average Bonchev–Trinajstić information content (AvgIpc) is 2.66. The van der Waals surface area contributed by atoms with Crippen molar-refractivity contribution in [3.05, 3.63) is 0 Å². The topological polar surface area (TPSA) is 146 Å². The van der Waals surface area contributed by atoms with Gasteiger partial charge in [-0.2, -0.15) is 0 Å². The van der Waals surface area contributed by atoms with E-state index in [9.17, 15) is 19.2 Å². The zero-order valence-corrected chi connectivity index (χ0v) is 16.5. The van der Waals surface area contributed by atoms with E-state index in [1.807, 2.05) is 0 Å². The molecule has 0 aliphatic heterocycles. The van der Waals surface area contributed by atoms with E-state index >= 15 is 0 Å². The number of ether oxygens (including phenoxy) is 4. The van der Waals surface area contributed by atoms with Crippen LogP contribution in [0.1, 0.15) is 33.6 Å². The van der Waals surface area contributed by atoms with Crippen molar-refractivity contribution in [2.75, 3.05) is 39.6 Å². The Kier molecular flexibility index (Phi) is 13.6. The predicted molar refractivity (Wildman–Crippen MR) is 94.7 cm³/mol. The van der Waals surface area contributed by atoms with E-state index in [0.717, 1.165) is 0 Å². The van der Waals surface area contributed by atoms with Gasteiger partial charge in [-0.05, 0) is 0 Å². The van der Waals surface area contributed by atoms with Gasteiger partial charge in [0.2, 0.25) is 0 Å². The molecule has 0 saturated carbocycles. The van der Waals surface area contributed by atoms with Crippen molar-refractivity contribution in [1.29, 1.82) is 0 Å². The van der Waals surface area contributed by atoms with E-state index in [0.29, 0.717) is 0 Å². The van der Waals surface area contributed by atoms with Gasteiger partial charge in [0.05, 0.1) is 26.4 Å². The molecule has 0 aliphatic rings. The number of rotatable bonds is 14. The highest BCUT2D eigenvalue weighted by molar-refractivity contribution is 5.91. The largest absolute Gasteiger partial charge is 0.465 e. The molecule has 0 aromatic carbocycles. The zero-order valence-electron chi connectivity index (χ0n) is 16.5. The van der Waals surface area contributed by atoms with Gasteiger partial charge in [0, 0.05) is 31.0 Å². The molecule has 2 unspecified atom stereocenters. The van der Waals surface area contributed by atoms with Gasteiger partial charge < -0.3 is 29.2 Å². The first-order valence-electron chi connectivity index (χ1n) is 9.02. The van der Waals surface area contributed by atoms with Crippen LogP contribution in [0.2, 0.25) is 0 Å². The lowest BCUT2D eigenvalue weighted by Gasteiger charge is -2.13. The molecule has 0 rings (SSSR count). The fraction of sp³-hybridized carbons (Fsp3) is 0.778. The van der Waals surface area contributed by atoms with Crippen molar-refractivity contribution in [1.82, 2.24) is 0 Å². The number of esters is 4. The van der Waals surface area contributed by atoms with Crippen LogP contribution in [0.4, 0.5) is 0 Å². The van der Waals surface area contributed by atoms with Gasteiger partial charge in [0.25, 0.3) is 0 Å². The number of hydrogen-bond donors (Lipinski definition) is 2. The smallest absolute Gasteiger partial charge is 0.317 e. The number of hydrogen-bond acceptors (Lipinski definition) is 10. The first-order chi connectivity index (χ1) is 13.2. The summed E-state index contributed by atoms with van der Waals surface area (Å²) < 4.78 is 19.4. The maximum absolute atomic E-state index is 11.5. The molecule has 0 spiro atoms. The Morgan fingerprint density at radius 3 is 1.07 bits per heavy atom. The summed E-state index contributed by atoms with van der Waals surface area (Å²) in [6, 6.07) is 0. The molecule has 0 fully saturated rings. The normalized spacial score (nSPS) is 13.8. The fourth-order valence-electron chi connectivity index (χ4n) is 1.53. The summed E-state index contributed by atoms with van der Waals surface area (Å²) in [7, 11) is 0. The van der Waals surface area contributed by atoms with E-state index < -0.39 is 36.7 Å². The third kappa shape index (κ3) is 13.9. The molecule has 162 valence electrons. The zero-order chi connectivity index (χ0) is 21.5. The molecule has 0 radical (unpaired) electrons. The van der Waals surface area contributed by atoms with Crippen LogP contribution >= 0.6 is 0 Å². The highest BCUT2D eigenvalue weighted by Gasteiger charge is 2.17. The first kappa shape index (κ1) is 25.8. The van der Waals surface area contributed by atoms with Crippen molar-refractivity contribution >= 4 is 23.9 Å². The third-order valence-corrected chi connectivity index (χ3v) is 3.32. The standard InChI is InChI=1S/C18H30O10/c1-12(6-19)8-25-15(21)4-17(23)27-10-14(3)11-28-18(24)5-16(22)26-9-13(2)7-20/h12-14,19-20H,4-11H2,1-3H3. The van der Waals surface area contributed by atoms with Crippen LogP contribution in [-0.2, 0) is 38.1 Å². The van der Waals surface area contributed by atoms with Gasteiger partial charge in [-0.1, -0.05) is 20.8 Å². The molecule has 0 heterocycles. The first-order valence-corrected chi connectivity index (χ1v) is 9.02. The maximum Gasteiger partial charge on any atom is 0.317 e. The highest BCUT2D eigenvalue weighted by atomic mass is 16.6. The van der Waals surface area contributed by atoms with Crippen molar-refractivity contribution in [2.45, 2.75) is 33.6 Å². The van der Waals surface area contributed by atoms with Crippen LogP contribution in [0.15, 0.2) is 0 Å². The second kappa shape index (κ2) is 14.8. The monoisotopic (exact) mass is 406 g/mol. The third-order valence-electron chi connectivity index (χ3n) is 3.32.